The zero-order valence-electron chi connectivity index (χ0n) is 14.1. The Bertz CT molecular complexity index is 983. The van der Waals surface area contributed by atoms with Crippen molar-refractivity contribution in [2.24, 2.45) is 5.10 Å². The predicted octanol–water partition coefficient (Wildman–Crippen LogP) is 2.07. The van der Waals surface area contributed by atoms with Crippen molar-refractivity contribution in [3.05, 3.63) is 68.2 Å². The monoisotopic (exact) mass is 386 g/mol. The van der Waals surface area contributed by atoms with E-state index in [4.69, 9.17) is 4.74 Å². The molecule has 0 bridgehead atoms. The van der Waals surface area contributed by atoms with Gasteiger partial charge in [-0.2, -0.15) is 9.78 Å². The van der Waals surface area contributed by atoms with Crippen LogP contribution in [0.3, 0.4) is 0 Å². The molecule has 138 valence electrons. The minimum absolute atomic E-state index is 0.229. The van der Waals surface area contributed by atoms with E-state index in [-0.39, 0.29) is 12.5 Å². The van der Waals surface area contributed by atoms with E-state index in [1.807, 2.05) is 5.38 Å². The number of carbonyl (C=O) groups excluding carboxylic acids is 1. The van der Waals surface area contributed by atoms with Crippen LogP contribution in [0.1, 0.15) is 20.8 Å². The minimum atomic E-state index is -0.660. The Morgan fingerprint density at radius 3 is 3.00 bits per heavy atom. The zero-order chi connectivity index (χ0) is 19.2. The highest BCUT2D eigenvalue weighted by atomic mass is 32.1. The molecule has 0 unspecified atom stereocenters. The van der Waals surface area contributed by atoms with Gasteiger partial charge in [0.25, 0.3) is 5.91 Å². The van der Waals surface area contributed by atoms with E-state index in [0.717, 1.165) is 5.56 Å². The van der Waals surface area contributed by atoms with Crippen LogP contribution in [0, 0.1) is 10.1 Å². The first-order chi connectivity index (χ1) is 13.1. The number of rotatable bonds is 7. The smallest absolute Gasteiger partial charge is 0.490 e. The third-order valence-corrected chi connectivity index (χ3v) is 4.32. The molecule has 0 saturated heterocycles. The number of thiophene rings is 1. The number of benzene rings is 1. The molecule has 3 aromatic rings. The van der Waals surface area contributed by atoms with Crippen molar-refractivity contribution in [2.75, 3.05) is 7.11 Å². The molecule has 1 aromatic carbocycles. The first-order valence-electron chi connectivity index (χ1n) is 7.64. The number of hydrogen-bond acceptors (Lipinski definition) is 8. The lowest BCUT2D eigenvalue weighted by molar-refractivity contribution is -0.394. The number of carbonyl (C=O) groups is 1. The van der Waals surface area contributed by atoms with Gasteiger partial charge in [0, 0.05) is 10.7 Å². The van der Waals surface area contributed by atoms with Gasteiger partial charge in [-0.25, -0.2) is 5.43 Å². The molecule has 0 aliphatic heterocycles. The number of aromatic nitrogens is 3. The number of amides is 1. The SMILES string of the molecule is COc1ccc(/C=N\NC(=O)c2cccs2)cc1Cn1cnc([N+](=O)[O-])n1. The summed E-state index contributed by atoms with van der Waals surface area (Å²) in [4.78, 5) is 26.1. The number of nitro groups is 1. The largest absolute Gasteiger partial charge is 0.496 e. The summed E-state index contributed by atoms with van der Waals surface area (Å²) in [6.07, 6.45) is 2.78. The highest BCUT2D eigenvalue weighted by molar-refractivity contribution is 7.12. The van der Waals surface area contributed by atoms with Gasteiger partial charge < -0.3 is 14.9 Å². The number of hydrogen-bond donors (Lipinski definition) is 1. The molecular weight excluding hydrogens is 372 g/mol. The molecule has 2 heterocycles. The molecule has 0 fully saturated rings. The molecule has 1 amide bonds. The van der Waals surface area contributed by atoms with Gasteiger partial charge in [-0.15, -0.1) is 11.3 Å². The van der Waals surface area contributed by atoms with Crippen LogP contribution in [0.15, 0.2) is 47.1 Å². The van der Waals surface area contributed by atoms with E-state index in [2.05, 4.69) is 20.6 Å². The van der Waals surface area contributed by atoms with Gasteiger partial charge in [0.15, 0.2) is 0 Å². The molecule has 2 aromatic heterocycles. The molecule has 3 rings (SSSR count). The van der Waals surface area contributed by atoms with Gasteiger partial charge in [-0.1, -0.05) is 11.1 Å². The summed E-state index contributed by atoms with van der Waals surface area (Å²) >= 11 is 1.32. The van der Waals surface area contributed by atoms with Gasteiger partial charge >= 0.3 is 5.95 Å². The van der Waals surface area contributed by atoms with Crippen LogP contribution in [0.2, 0.25) is 0 Å². The maximum absolute atomic E-state index is 11.9. The summed E-state index contributed by atoms with van der Waals surface area (Å²) in [6, 6.07) is 8.79. The van der Waals surface area contributed by atoms with Crippen molar-refractivity contribution in [3.8, 4) is 5.75 Å². The fraction of sp³-hybridized carbons (Fsp3) is 0.125. The van der Waals surface area contributed by atoms with Crippen LogP contribution >= 0.6 is 11.3 Å². The van der Waals surface area contributed by atoms with Crippen LogP contribution < -0.4 is 10.2 Å². The van der Waals surface area contributed by atoms with Crippen LogP contribution in [0.5, 0.6) is 5.75 Å². The lowest BCUT2D eigenvalue weighted by atomic mass is 10.1. The summed E-state index contributed by atoms with van der Waals surface area (Å²) in [7, 11) is 1.53. The highest BCUT2D eigenvalue weighted by Gasteiger charge is 2.15. The normalized spacial score (nSPS) is 10.9. The van der Waals surface area contributed by atoms with Gasteiger partial charge in [-0.3, -0.25) is 4.79 Å². The second kappa shape index (κ2) is 8.19. The van der Waals surface area contributed by atoms with Crippen LogP contribution in [-0.4, -0.2) is 38.9 Å². The molecular formula is C16H14N6O4S. The molecule has 0 atom stereocenters. The average molecular weight is 386 g/mol. The summed E-state index contributed by atoms with van der Waals surface area (Å²) in [6.45, 7) is 0.229. The lowest BCUT2D eigenvalue weighted by Crippen LogP contribution is -2.16. The second-order valence-corrected chi connectivity index (χ2v) is 6.19. The Morgan fingerprint density at radius 1 is 1.48 bits per heavy atom. The van der Waals surface area contributed by atoms with Gasteiger partial charge in [0.1, 0.15) is 5.75 Å². The van der Waals surface area contributed by atoms with Crippen molar-refractivity contribution >= 4 is 29.4 Å². The Balaban J connectivity index is 1.73. The Hall–Kier alpha value is -3.60. The van der Waals surface area contributed by atoms with Crippen LogP contribution in [-0.2, 0) is 6.54 Å². The highest BCUT2D eigenvalue weighted by Crippen LogP contribution is 2.20. The molecule has 27 heavy (non-hydrogen) atoms. The molecule has 0 saturated carbocycles. The van der Waals surface area contributed by atoms with E-state index < -0.39 is 10.9 Å². The van der Waals surface area contributed by atoms with E-state index in [9.17, 15) is 14.9 Å². The molecule has 0 aliphatic rings. The standard InChI is InChI=1S/C16H14N6O4S/c1-26-13-5-4-11(8-18-19-15(23)14-3-2-6-27-14)7-12(13)9-21-10-17-16(20-21)22(24)25/h2-8,10H,9H2,1H3,(H,19,23)/b18-8-. The van der Waals surface area contributed by atoms with Gasteiger partial charge in [0.2, 0.25) is 6.33 Å². The Morgan fingerprint density at radius 2 is 2.33 bits per heavy atom. The second-order valence-electron chi connectivity index (χ2n) is 5.25. The zero-order valence-corrected chi connectivity index (χ0v) is 14.9. The summed E-state index contributed by atoms with van der Waals surface area (Å²) in [5, 5.41) is 20.2. The number of nitrogens with zero attached hydrogens (tertiary/aromatic N) is 5. The summed E-state index contributed by atoms with van der Waals surface area (Å²) in [5.74, 6) is -0.166. The fourth-order valence-corrected chi connectivity index (χ4v) is 2.86. The number of nitrogens with one attached hydrogen (secondary N) is 1. The topological polar surface area (TPSA) is 125 Å². The van der Waals surface area contributed by atoms with Crippen molar-refractivity contribution in [2.45, 2.75) is 6.54 Å². The Labute approximate surface area is 157 Å². The van der Waals surface area contributed by atoms with Crippen molar-refractivity contribution in [1.29, 1.82) is 0 Å². The van der Waals surface area contributed by atoms with E-state index in [0.29, 0.717) is 16.2 Å². The van der Waals surface area contributed by atoms with E-state index in [1.54, 1.807) is 30.3 Å². The van der Waals surface area contributed by atoms with Crippen LogP contribution in [0.25, 0.3) is 0 Å². The minimum Gasteiger partial charge on any atom is -0.496 e. The van der Waals surface area contributed by atoms with Crippen molar-refractivity contribution in [1.82, 2.24) is 20.2 Å². The molecule has 0 radical (unpaired) electrons. The van der Waals surface area contributed by atoms with Gasteiger partial charge in [0.05, 0.1) is 24.7 Å². The summed E-state index contributed by atoms with van der Waals surface area (Å²) in [5.41, 5.74) is 3.90. The van der Waals surface area contributed by atoms with E-state index in [1.165, 1.54) is 35.7 Å². The molecule has 1 N–H and O–H groups in total. The van der Waals surface area contributed by atoms with Crippen LogP contribution in [0.4, 0.5) is 5.95 Å². The maximum atomic E-state index is 11.9. The maximum Gasteiger partial charge on any atom is 0.490 e. The van der Waals surface area contributed by atoms with E-state index >= 15 is 0 Å². The Kier molecular flexibility index (Phi) is 5.52. The quantitative estimate of drug-likeness (QED) is 0.376. The van der Waals surface area contributed by atoms with Crippen molar-refractivity contribution < 1.29 is 14.5 Å². The summed E-state index contributed by atoms with van der Waals surface area (Å²) < 4.78 is 6.65. The fourth-order valence-electron chi connectivity index (χ4n) is 2.25. The van der Waals surface area contributed by atoms with Crippen molar-refractivity contribution in [3.63, 3.8) is 0 Å². The number of methoxy groups -OCH3 is 1. The molecule has 0 aliphatic carbocycles. The molecule has 0 spiro atoms. The first-order valence-corrected chi connectivity index (χ1v) is 8.52. The predicted molar refractivity (Wildman–Crippen MR) is 98.2 cm³/mol. The number of hydrazone groups is 1. The number of ether oxygens (including phenoxy) is 1. The third kappa shape index (κ3) is 4.52. The lowest BCUT2D eigenvalue weighted by Gasteiger charge is -2.08. The molecule has 11 heteroatoms. The average Bonchev–Trinajstić information content (AvgIpc) is 3.34. The first kappa shape index (κ1) is 18.2. The molecule has 10 nitrogen and oxygen atoms in total. The van der Waals surface area contributed by atoms with Gasteiger partial charge in [-0.05, 0) is 40.1 Å². The third-order valence-electron chi connectivity index (χ3n) is 3.45.